The van der Waals surface area contributed by atoms with E-state index >= 15 is 0 Å². The summed E-state index contributed by atoms with van der Waals surface area (Å²) in [7, 11) is 0. The molecule has 0 saturated carbocycles. The van der Waals surface area contributed by atoms with E-state index in [1.165, 1.54) is 0 Å². The Morgan fingerprint density at radius 2 is 2.17 bits per heavy atom. The van der Waals surface area contributed by atoms with Crippen LogP contribution in [-0.2, 0) is 0 Å². The van der Waals surface area contributed by atoms with Crippen molar-refractivity contribution in [1.82, 2.24) is 0 Å². The molecule has 0 unspecified atom stereocenters. The molecule has 0 atom stereocenters. The van der Waals surface area contributed by atoms with E-state index in [-0.39, 0.29) is 5.56 Å². The van der Waals surface area contributed by atoms with E-state index in [9.17, 15) is 4.79 Å². The van der Waals surface area contributed by atoms with Gasteiger partial charge in [0, 0.05) is 9.26 Å². The number of anilines is 1. The van der Waals surface area contributed by atoms with Gasteiger partial charge in [-0.1, -0.05) is 0 Å². The highest BCUT2D eigenvalue weighted by Gasteiger charge is 2.07. The summed E-state index contributed by atoms with van der Waals surface area (Å²) < 4.78 is 0.782. The maximum atomic E-state index is 10.6. The second-order valence-corrected chi connectivity index (χ2v) is 3.66. The Balaban J connectivity index is 3.31. The van der Waals surface area contributed by atoms with Crippen molar-refractivity contribution >= 4 is 34.2 Å². The van der Waals surface area contributed by atoms with Crippen LogP contribution in [0.5, 0.6) is 0 Å². The molecule has 3 N–H and O–H groups in total. The molecule has 12 heavy (non-hydrogen) atoms. The first kappa shape index (κ1) is 9.31. The van der Waals surface area contributed by atoms with Crippen molar-refractivity contribution in [2.24, 2.45) is 0 Å². The number of hydrogen-bond acceptors (Lipinski definition) is 2. The Kier molecular flexibility index (Phi) is 2.56. The highest BCUT2D eigenvalue weighted by atomic mass is 127. The molecular weight excluding hydrogens is 269 g/mol. The van der Waals surface area contributed by atoms with Gasteiger partial charge in [0.15, 0.2) is 0 Å². The first-order valence-electron chi connectivity index (χ1n) is 3.31. The molecule has 1 aromatic carbocycles. The van der Waals surface area contributed by atoms with Crippen molar-refractivity contribution in [3.8, 4) is 0 Å². The highest BCUT2D eigenvalue weighted by molar-refractivity contribution is 14.1. The lowest BCUT2D eigenvalue weighted by Gasteiger charge is -2.03. The fourth-order valence-corrected chi connectivity index (χ4v) is 1.64. The Morgan fingerprint density at radius 3 is 2.58 bits per heavy atom. The predicted octanol–water partition coefficient (Wildman–Crippen LogP) is 1.88. The standard InChI is InChI=1S/C8H8INO2/c1-4-2-5(8(11)12)3-6(9)7(4)10/h2-3H,10H2,1H3,(H,11,12). The number of benzene rings is 1. The van der Waals surface area contributed by atoms with Gasteiger partial charge in [-0.15, -0.1) is 0 Å². The number of halogens is 1. The van der Waals surface area contributed by atoms with Gasteiger partial charge in [-0.05, 0) is 47.2 Å². The number of carbonyl (C=O) groups is 1. The molecule has 0 aliphatic heterocycles. The largest absolute Gasteiger partial charge is 0.478 e. The summed E-state index contributed by atoms with van der Waals surface area (Å²) in [5, 5.41) is 8.68. The van der Waals surface area contributed by atoms with Crippen LogP contribution in [0.3, 0.4) is 0 Å². The summed E-state index contributed by atoms with van der Waals surface area (Å²) in [6.45, 7) is 1.80. The first-order valence-corrected chi connectivity index (χ1v) is 4.39. The molecule has 4 heteroatoms. The Morgan fingerprint density at radius 1 is 1.58 bits per heavy atom. The van der Waals surface area contributed by atoms with E-state index in [1.807, 2.05) is 22.6 Å². The van der Waals surface area contributed by atoms with Crippen molar-refractivity contribution in [1.29, 1.82) is 0 Å². The van der Waals surface area contributed by atoms with Crippen LogP contribution >= 0.6 is 22.6 Å². The lowest BCUT2D eigenvalue weighted by Crippen LogP contribution is -2.01. The van der Waals surface area contributed by atoms with Gasteiger partial charge < -0.3 is 10.8 Å². The van der Waals surface area contributed by atoms with Gasteiger partial charge in [0.25, 0.3) is 0 Å². The summed E-state index contributed by atoms with van der Waals surface area (Å²) in [4.78, 5) is 10.6. The molecule has 0 amide bonds. The van der Waals surface area contributed by atoms with Crippen LogP contribution in [0.15, 0.2) is 12.1 Å². The smallest absolute Gasteiger partial charge is 0.335 e. The minimum absolute atomic E-state index is 0.283. The lowest BCUT2D eigenvalue weighted by atomic mass is 10.1. The van der Waals surface area contributed by atoms with Crippen LogP contribution in [0.1, 0.15) is 15.9 Å². The maximum Gasteiger partial charge on any atom is 0.335 e. The molecular formula is C8H8INO2. The molecule has 0 aliphatic rings. The molecule has 0 heterocycles. The van der Waals surface area contributed by atoms with E-state index in [0.29, 0.717) is 5.69 Å². The molecule has 0 spiro atoms. The molecule has 1 rings (SSSR count). The van der Waals surface area contributed by atoms with Crippen molar-refractivity contribution in [2.75, 3.05) is 5.73 Å². The Labute approximate surface area is 83.7 Å². The molecule has 0 saturated heterocycles. The second kappa shape index (κ2) is 3.30. The van der Waals surface area contributed by atoms with E-state index in [4.69, 9.17) is 10.8 Å². The van der Waals surface area contributed by atoms with Crippen LogP contribution in [0.2, 0.25) is 0 Å². The van der Waals surface area contributed by atoms with Gasteiger partial charge >= 0.3 is 5.97 Å². The molecule has 0 bridgehead atoms. The van der Waals surface area contributed by atoms with Gasteiger partial charge in [-0.2, -0.15) is 0 Å². The van der Waals surface area contributed by atoms with Gasteiger partial charge in [0.1, 0.15) is 0 Å². The Bertz CT molecular complexity index is 313. The summed E-state index contributed by atoms with van der Waals surface area (Å²) in [5.74, 6) is -0.920. The van der Waals surface area contributed by atoms with Crippen LogP contribution in [0.4, 0.5) is 5.69 Å². The van der Waals surface area contributed by atoms with Gasteiger partial charge in [0.05, 0.1) is 5.56 Å². The third-order valence-corrected chi connectivity index (χ3v) is 2.48. The second-order valence-electron chi connectivity index (χ2n) is 2.49. The number of hydrogen-bond donors (Lipinski definition) is 2. The van der Waals surface area contributed by atoms with E-state index in [1.54, 1.807) is 19.1 Å². The molecule has 1 aromatic rings. The van der Waals surface area contributed by atoms with E-state index in [2.05, 4.69) is 0 Å². The minimum Gasteiger partial charge on any atom is -0.478 e. The third kappa shape index (κ3) is 1.69. The van der Waals surface area contributed by atoms with Crippen molar-refractivity contribution < 1.29 is 9.90 Å². The molecule has 64 valence electrons. The number of carboxylic acids is 1. The monoisotopic (exact) mass is 277 g/mol. The van der Waals surface area contributed by atoms with Gasteiger partial charge in [-0.25, -0.2) is 4.79 Å². The highest BCUT2D eigenvalue weighted by Crippen LogP contribution is 2.20. The first-order chi connectivity index (χ1) is 5.52. The maximum absolute atomic E-state index is 10.6. The fraction of sp³-hybridized carbons (Fsp3) is 0.125. The number of nitrogen functional groups attached to an aromatic ring is 1. The average Bonchev–Trinajstić information content (AvgIpc) is 1.99. The third-order valence-electron chi connectivity index (χ3n) is 1.58. The van der Waals surface area contributed by atoms with Crippen LogP contribution < -0.4 is 5.73 Å². The average molecular weight is 277 g/mol. The quantitative estimate of drug-likeness (QED) is 0.608. The van der Waals surface area contributed by atoms with Gasteiger partial charge in [-0.3, -0.25) is 0 Å². The number of carboxylic acid groups (broad SMARTS) is 1. The van der Waals surface area contributed by atoms with Crippen LogP contribution in [0.25, 0.3) is 0 Å². The van der Waals surface area contributed by atoms with Crippen molar-refractivity contribution in [2.45, 2.75) is 6.92 Å². The molecule has 0 aromatic heterocycles. The summed E-state index contributed by atoms with van der Waals surface area (Å²) in [5.41, 5.74) is 7.39. The number of aromatic carboxylic acids is 1. The number of rotatable bonds is 1. The van der Waals surface area contributed by atoms with Crippen LogP contribution in [0, 0.1) is 10.5 Å². The fourth-order valence-electron chi connectivity index (χ4n) is 0.879. The zero-order valence-electron chi connectivity index (χ0n) is 6.47. The van der Waals surface area contributed by atoms with Crippen LogP contribution in [-0.4, -0.2) is 11.1 Å². The van der Waals surface area contributed by atoms with E-state index in [0.717, 1.165) is 9.13 Å². The SMILES string of the molecule is Cc1cc(C(=O)O)cc(I)c1N. The minimum atomic E-state index is -0.920. The number of nitrogens with two attached hydrogens (primary N) is 1. The topological polar surface area (TPSA) is 63.3 Å². The molecule has 3 nitrogen and oxygen atoms in total. The lowest BCUT2D eigenvalue weighted by molar-refractivity contribution is 0.0696. The van der Waals surface area contributed by atoms with Gasteiger partial charge in [0.2, 0.25) is 0 Å². The van der Waals surface area contributed by atoms with Crippen molar-refractivity contribution in [3.05, 3.63) is 26.8 Å². The number of aryl methyl sites for hydroxylation is 1. The normalized spacial score (nSPS) is 9.83. The zero-order chi connectivity index (χ0) is 9.30. The van der Waals surface area contributed by atoms with E-state index < -0.39 is 5.97 Å². The Hall–Kier alpha value is -0.780. The summed E-state index contributed by atoms with van der Waals surface area (Å²) in [6, 6.07) is 3.13. The molecule has 0 fully saturated rings. The predicted molar refractivity (Wildman–Crippen MR) is 55.3 cm³/mol. The zero-order valence-corrected chi connectivity index (χ0v) is 8.62. The molecule has 0 aliphatic carbocycles. The summed E-state index contributed by atoms with van der Waals surface area (Å²) in [6.07, 6.45) is 0. The molecule has 0 radical (unpaired) electrons. The summed E-state index contributed by atoms with van der Waals surface area (Å²) >= 11 is 2.02. The van der Waals surface area contributed by atoms with Crippen molar-refractivity contribution in [3.63, 3.8) is 0 Å².